The molecule has 1 saturated carbocycles. The molecule has 1 N–H and O–H groups in total. The molecule has 1 aromatic heterocycles. The van der Waals surface area contributed by atoms with E-state index in [1.807, 2.05) is 13.0 Å². The van der Waals surface area contributed by atoms with E-state index in [1.165, 1.54) is 19.3 Å². The predicted octanol–water partition coefficient (Wildman–Crippen LogP) is 4.85. The van der Waals surface area contributed by atoms with Crippen LogP contribution < -0.4 is 19.7 Å². The molecule has 1 aliphatic heterocycles. The van der Waals surface area contributed by atoms with E-state index in [-0.39, 0.29) is 29.8 Å². The minimum Gasteiger partial charge on any atom is -0.497 e. The molecule has 36 heavy (non-hydrogen) atoms. The maximum Gasteiger partial charge on any atom is 0.277 e. The molecular weight excluding hydrogens is 456 g/mol. The molecule has 2 heterocycles. The van der Waals surface area contributed by atoms with Crippen molar-refractivity contribution in [1.82, 2.24) is 15.1 Å². The van der Waals surface area contributed by atoms with Crippen molar-refractivity contribution < 1.29 is 19.1 Å². The second-order valence-corrected chi connectivity index (χ2v) is 11.3. The van der Waals surface area contributed by atoms with Gasteiger partial charge in [-0.1, -0.05) is 52.9 Å². The van der Waals surface area contributed by atoms with Crippen molar-refractivity contribution in [2.24, 2.45) is 0 Å². The molecule has 2 aromatic rings. The first-order valence-electron chi connectivity index (χ1n) is 13.0. The average Bonchev–Trinajstić information content (AvgIpc) is 3.25. The Morgan fingerprint density at radius 1 is 1.06 bits per heavy atom. The van der Waals surface area contributed by atoms with Gasteiger partial charge in [0.15, 0.2) is 0 Å². The molecule has 4 rings (SSSR count). The van der Waals surface area contributed by atoms with Gasteiger partial charge in [-0.25, -0.2) is 0 Å². The summed E-state index contributed by atoms with van der Waals surface area (Å²) < 4.78 is 12.8. The molecule has 2 aliphatic rings. The van der Waals surface area contributed by atoms with Crippen LogP contribution in [0.3, 0.4) is 0 Å². The van der Waals surface area contributed by atoms with E-state index in [1.54, 1.807) is 42.0 Å². The fourth-order valence-electron chi connectivity index (χ4n) is 5.24. The van der Waals surface area contributed by atoms with Crippen molar-refractivity contribution in [3.63, 3.8) is 0 Å². The zero-order valence-corrected chi connectivity index (χ0v) is 22.5. The van der Waals surface area contributed by atoms with Crippen LogP contribution in [0.2, 0.25) is 0 Å². The van der Waals surface area contributed by atoms with E-state index in [0.29, 0.717) is 22.9 Å². The van der Waals surface area contributed by atoms with Crippen molar-refractivity contribution in [2.45, 2.75) is 96.2 Å². The largest absolute Gasteiger partial charge is 0.497 e. The van der Waals surface area contributed by atoms with E-state index in [0.717, 1.165) is 31.4 Å². The number of hydrogen-bond donors (Lipinski definition) is 1. The molecule has 8 heteroatoms. The number of amides is 2. The normalized spacial score (nSPS) is 21.4. The third-order valence-corrected chi connectivity index (χ3v) is 7.48. The summed E-state index contributed by atoms with van der Waals surface area (Å²) in [4.78, 5) is 29.8. The van der Waals surface area contributed by atoms with Crippen LogP contribution in [0.4, 0.5) is 5.69 Å². The second-order valence-electron chi connectivity index (χ2n) is 11.3. The third-order valence-electron chi connectivity index (χ3n) is 7.48. The fourth-order valence-corrected chi connectivity index (χ4v) is 5.24. The van der Waals surface area contributed by atoms with Crippen LogP contribution in [0.1, 0.15) is 88.8 Å². The van der Waals surface area contributed by atoms with Crippen molar-refractivity contribution >= 4 is 17.5 Å². The van der Waals surface area contributed by atoms with Crippen LogP contribution in [0, 0.1) is 0 Å². The van der Waals surface area contributed by atoms with Crippen molar-refractivity contribution in [3.05, 3.63) is 35.7 Å². The minimum absolute atomic E-state index is 0.0999. The summed E-state index contributed by atoms with van der Waals surface area (Å²) >= 11 is 0. The topological polar surface area (TPSA) is 85.7 Å². The number of anilines is 1. The molecule has 0 bridgehead atoms. The summed E-state index contributed by atoms with van der Waals surface area (Å²) in [6.45, 7) is 8.26. The van der Waals surface area contributed by atoms with Crippen molar-refractivity contribution in [1.29, 1.82) is 0 Å². The van der Waals surface area contributed by atoms with Crippen LogP contribution >= 0.6 is 0 Å². The van der Waals surface area contributed by atoms with Crippen LogP contribution in [-0.2, 0) is 16.8 Å². The van der Waals surface area contributed by atoms with Gasteiger partial charge in [0.05, 0.1) is 32.1 Å². The molecule has 2 amide bonds. The van der Waals surface area contributed by atoms with Gasteiger partial charge >= 0.3 is 0 Å². The highest BCUT2D eigenvalue weighted by atomic mass is 16.5. The molecule has 196 valence electrons. The molecule has 1 aromatic carbocycles. The first-order chi connectivity index (χ1) is 17.1. The molecule has 8 nitrogen and oxygen atoms in total. The Bertz CT molecular complexity index is 1110. The monoisotopic (exact) mass is 496 g/mol. The highest BCUT2D eigenvalue weighted by Gasteiger charge is 2.50. The summed E-state index contributed by atoms with van der Waals surface area (Å²) in [6.07, 6.45) is 7.77. The van der Waals surface area contributed by atoms with Crippen LogP contribution in [0.25, 0.3) is 0 Å². The van der Waals surface area contributed by atoms with Gasteiger partial charge in [-0.2, -0.15) is 5.10 Å². The number of aromatic nitrogens is 2. The number of ether oxygens (including phenoxy) is 2. The van der Waals surface area contributed by atoms with Crippen molar-refractivity contribution in [2.75, 3.05) is 19.1 Å². The number of methoxy groups -OCH3 is 2. The van der Waals surface area contributed by atoms with Crippen LogP contribution in [0.15, 0.2) is 24.3 Å². The zero-order chi connectivity index (χ0) is 26.1. The Morgan fingerprint density at radius 2 is 1.72 bits per heavy atom. The lowest BCUT2D eigenvalue weighted by molar-refractivity contribution is -0.127. The fraction of sp³-hybridized carbons (Fsp3) is 0.607. The van der Waals surface area contributed by atoms with Gasteiger partial charge < -0.3 is 14.8 Å². The highest BCUT2D eigenvalue weighted by Crippen LogP contribution is 2.41. The molecule has 0 spiro atoms. The average molecular weight is 497 g/mol. The highest BCUT2D eigenvalue weighted by molar-refractivity contribution is 6.12. The van der Waals surface area contributed by atoms with Gasteiger partial charge in [-0.15, -0.1) is 0 Å². The maximum absolute atomic E-state index is 14.1. The number of hydrogen-bond acceptors (Lipinski definition) is 5. The van der Waals surface area contributed by atoms with Gasteiger partial charge in [0, 0.05) is 17.5 Å². The van der Waals surface area contributed by atoms with E-state index in [4.69, 9.17) is 14.6 Å². The summed E-state index contributed by atoms with van der Waals surface area (Å²) in [6, 6.07) is 7.25. The number of fused-ring (bicyclic) bond motifs is 1. The van der Waals surface area contributed by atoms with Gasteiger partial charge in [0.2, 0.25) is 5.91 Å². The van der Waals surface area contributed by atoms with Crippen LogP contribution in [0.5, 0.6) is 11.5 Å². The molecule has 1 atom stereocenters. The molecule has 1 aliphatic carbocycles. The van der Waals surface area contributed by atoms with Crippen molar-refractivity contribution in [3.8, 4) is 11.5 Å². The summed E-state index contributed by atoms with van der Waals surface area (Å²) in [5.41, 5.74) is 0.324. The number of carbonyl (C=O) groups is 2. The Balaban J connectivity index is 1.80. The Labute approximate surface area is 214 Å². The Hall–Kier alpha value is -3.03. The number of nitrogens with zero attached hydrogens (tertiary/aromatic N) is 3. The van der Waals surface area contributed by atoms with E-state index >= 15 is 0 Å². The summed E-state index contributed by atoms with van der Waals surface area (Å²) in [5, 5.41) is 8.07. The second kappa shape index (κ2) is 10.1. The smallest absolute Gasteiger partial charge is 0.277 e. The van der Waals surface area contributed by atoms with Crippen LogP contribution in [-0.4, -0.2) is 47.4 Å². The molecule has 0 saturated heterocycles. The summed E-state index contributed by atoms with van der Waals surface area (Å²) in [7, 11) is 3.14. The van der Waals surface area contributed by atoms with E-state index in [9.17, 15) is 9.59 Å². The molecule has 0 unspecified atom stereocenters. The van der Waals surface area contributed by atoms with Gasteiger partial charge in [-0.05, 0) is 38.0 Å². The molecular formula is C28H40N4O4. The predicted molar refractivity (Wildman–Crippen MR) is 140 cm³/mol. The van der Waals surface area contributed by atoms with E-state index in [2.05, 4.69) is 26.1 Å². The number of nitrogens with one attached hydrogen (secondary N) is 1. The number of rotatable bonds is 5. The molecule has 1 fully saturated rings. The molecule has 0 radical (unpaired) electrons. The maximum atomic E-state index is 14.1. The standard InChI is InChI=1S/C28H40N4O4/c1-27(2,3)24-17-22-25(33)32(21-16-20(35-5)14-15-23(21)36-6)28(4,18-31(22)30-24)26(34)29-19-12-10-8-7-9-11-13-19/h14-17,19H,7-13,18H2,1-6H3,(H,29,34)/t28-/m0/s1. The lowest BCUT2D eigenvalue weighted by Crippen LogP contribution is -2.65. The first-order valence-corrected chi connectivity index (χ1v) is 13.0. The zero-order valence-electron chi connectivity index (χ0n) is 22.5. The quantitative estimate of drug-likeness (QED) is 0.640. The lowest BCUT2D eigenvalue weighted by Gasteiger charge is -2.44. The SMILES string of the molecule is COc1ccc(OC)c(N2C(=O)c3cc(C(C)(C)C)nn3C[C@@]2(C)C(=O)NC2CCCCCCC2)c1. The van der Waals surface area contributed by atoms with Gasteiger partial charge in [-0.3, -0.25) is 19.2 Å². The third kappa shape index (κ3) is 4.95. The Kier molecular flexibility index (Phi) is 7.34. The number of carbonyl (C=O) groups excluding carboxylic acids is 2. The lowest BCUT2D eigenvalue weighted by atomic mass is 9.90. The Morgan fingerprint density at radius 3 is 2.33 bits per heavy atom. The van der Waals surface area contributed by atoms with Gasteiger partial charge in [0.1, 0.15) is 22.7 Å². The van der Waals surface area contributed by atoms with Gasteiger partial charge in [0.25, 0.3) is 5.91 Å². The summed E-state index contributed by atoms with van der Waals surface area (Å²) in [5.74, 6) is 0.616. The minimum atomic E-state index is -1.22. The number of benzene rings is 1. The van der Waals surface area contributed by atoms with E-state index < -0.39 is 5.54 Å². The first kappa shape index (κ1) is 26.0.